The molecule has 0 atom stereocenters. The van der Waals surface area contributed by atoms with Gasteiger partial charge in [-0.2, -0.15) is 0 Å². The van der Waals surface area contributed by atoms with Gasteiger partial charge in [-0.25, -0.2) is 9.59 Å². The van der Waals surface area contributed by atoms with Gasteiger partial charge in [0.05, 0.1) is 29.8 Å². The number of aromatic carboxylic acids is 2. The number of aryl methyl sites for hydroxylation is 2. The number of fused-ring (bicyclic) bond motifs is 5. The predicted molar refractivity (Wildman–Crippen MR) is 233 cm³/mol. The monoisotopic (exact) mass is 774 g/mol. The summed E-state index contributed by atoms with van der Waals surface area (Å²) < 4.78 is 12.4. The number of ether oxygens (including phenoxy) is 2. The van der Waals surface area contributed by atoms with Crippen LogP contribution in [0, 0.1) is 0 Å². The average molecular weight is 775 g/mol. The van der Waals surface area contributed by atoms with Crippen LogP contribution >= 0.6 is 0 Å². The van der Waals surface area contributed by atoms with Crippen LogP contribution in [0.4, 0.5) is 0 Å². The van der Waals surface area contributed by atoms with E-state index in [0.29, 0.717) is 24.3 Å². The van der Waals surface area contributed by atoms with E-state index in [4.69, 9.17) is 9.47 Å². The number of rotatable bonds is 14. The SMILES string of the molecule is O=C(O)c1ccc(CCCOc2ccc3cc(C4(c5ccc6cc(OCCCc7ccc(C(=O)O)cc7)ccc6c5)c5ccccc5-c5ccccc54)ccc3c2)cc1. The summed E-state index contributed by atoms with van der Waals surface area (Å²) in [7, 11) is 0. The van der Waals surface area contributed by atoms with Gasteiger partial charge in [0.2, 0.25) is 0 Å². The van der Waals surface area contributed by atoms with E-state index in [-0.39, 0.29) is 0 Å². The van der Waals surface area contributed by atoms with Crippen molar-refractivity contribution in [3.8, 4) is 22.6 Å². The first-order valence-corrected chi connectivity index (χ1v) is 20.0. The minimum Gasteiger partial charge on any atom is -0.494 e. The van der Waals surface area contributed by atoms with Crippen LogP contribution in [0.5, 0.6) is 11.5 Å². The minimum absolute atomic E-state index is 0.295. The number of hydrogen-bond donors (Lipinski definition) is 2. The Kier molecular flexibility index (Phi) is 10.1. The summed E-state index contributed by atoms with van der Waals surface area (Å²) >= 11 is 0. The molecular weight excluding hydrogens is 733 g/mol. The van der Waals surface area contributed by atoms with Crippen molar-refractivity contribution in [2.45, 2.75) is 31.1 Å². The molecule has 0 heterocycles. The molecule has 0 aromatic heterocycles. The molecule has 8 aromatic rings. The van der Waals surface area contributed by atoms with Gasteiger partial charge < -0.3 is 19.7 Å². The van der Waals surface area contributed by atoms with Crippen LogP contribution in [0.15, 0.2) is 170 Å². The lowest BCUT2D eigenvalue weighted by Crippen LogP contribution is -2.28. The van der Waals surface area contributed by atoms with Crippen molar-refractivity contribution < 1.29 is 29.3 Å². The fraction of sp³-hybridized carbons (Fsp3) is 0.132. The van der Waals surface area contributed by atoms with Crippen molar-refractivity contribution in [1.82, 2.24) is 0 Å². The molecule has 0 radical (unpaired) electrons. The van der Waals surface area contributed by atoms with Crippen LogP contribution in [0.1, 0.15) is 66.9 Å². The maximum Gasteiger partial charge on any atom is 0.335 e. The fourth-order valence-electron chi connectivity index (χ4n) is 8.68. The van der Waals surface area contributed by atoms with Crippen LogP contribution in [0.2, 0.25) is 0 Å². The van der Waals surface area contributed by atoms with Crippen molar-refractivity contribution in [2.24, 2.45) is 0 Å². The summed E-state index contributed by atoms with van der Waals surface area (Å²) in [6.07, 6.45) is 3.25. The van der Waals surface area contributed by atoms with Crippen molar-refractivity contribution in [2.75, 3.05) is 13.2 Å². The lowest BCUT2D eigenvalue weighted by Gasteiger charge is -2.34. The van der Waals surface area contributed by atoms with Crippen LogP contribution in [0.25, 0.3) is 32.7 Å². The number of hydrogen-bond acceptors (Lipinski definition) is 4. The Balaban J connectivity index is 0.979. The van der Waals surface area contributed by atoms with Gasteiger partial charge in [0, 0.05) is 0 Å². The first-order chi connectivity index (χ1) is 28.9. The highest BCUT2D eigenvalue weighted by Gasteiger charge is 2.46. The maximum atomic E-state index is 11.2. The number of benzene rings is 8. The Morgan fingerprint density at radius 1 is 0.441 bits per heavy atom. The molecule has 290 valence electrons. The Morgan fingerprint density at radius 2 is 0.831 bits per heavy atom. The van der Waals surface area contributed by atoms with E-state index in [1.54, 1.807) is 24.3 Å². The third-order valence-electron chi connectivity index (χ3n) is 11.6. The Hall–Kier alpha value is -7.18. The Labute approximate surface area is 342 Å². The highest BCUT2D eigenvalue weighted by atomic mass is 16.5. The third kappa shape index (κ3) is 7.30. The standard InChI is InChI=1S/C53H42O6/c54-51(55)37-17-13-35(14-18-37)7-5-29-58-45-27-23-39-31-43(25-21-41(39)33-45)53(49-11-3-1-9-47(49)48-10-2-4-12-50(48)53)44-26-22-42-34-46(28-24-40(42)32-44)59-30-6-8-36-15-19-38(20-16-36)52(56)57/h1-4,9-28,31-34H,5-8,29-30H2,(H,54,55)(H,56,57). The summed E-state index contributed by atoms with van der Waals surface area (Å²) in [5, 5.41) is 22.8. The highest BCUT2D eigenvalue weighted by Crippen LogP contribution is 2.56. The van der Waals surface area contributed by atoms with Crippen molar-refractivity contribution in [1.29, 1.82) is 0 Å². The molecule has 8 aromatic carbocycles. The molecule has 1 aliphatic carbocycles. The highest BCUT2D eigenvalue weighted by molar-refractivity contribution is 5.92. The summed E-state index contributed by atoms with van der Waals surface area (Å²) in [4.78, 5) is 22.4. The topological polar surface area (TPSA) is 93.1 Å². The van der Waals surface area contributed by atoms with Gasteiger partial charge in [-0.3, -0.25) is 0 Å². The molecule has 0 unspecified atom stereocenters. The van der Waals surface area contributed by atoms with Gasteiger partial charge >= 0.3 is 11.9 Å². The lowest BCUT2D eigenvalue weighted by atomic mass is 9.67. The molecule has 0 saturated heterocycles. The maximum absolute atomic E-state index is 11.2. The zero-order chi connectivity index (χ0) is 40.3. The van der Waals surface area contributed by atoms with Crippen molar-refractivity contribution in [3.05, 3.63) is 214 Å². The number of carbonyl (C=O) groups is 2. The molecule has 2 N–H and O–H groups in total. The summed E-state index contributed by atoms with van der Waals surface area (Å²) in [6.45, 7) is 1.12. The van der Waals surface area contributed by atoms with Crippen molar-refractivity contribution >= 4 is 33.5 Å². The van der Waals surface area contributed by atoms with E-state index in [1.165, 1.54) is 33.4 Å². The Bertz CT molecular complexity index is 2640. The van der Waals surface area contributed by atoms with Gasteiger partial charge in [-0.1, -0.05) is 109 Å². The molecule has 6 heteroatoms. The number of carboxylic acids is 2. The first-order valence-electron chi connectivity index (χ1n) is 20.0. The zero-order valence-electron chi connectivity index (χ0n) is 32.4. The van der Waals surface area contributed by atoms with Crippen LogP contribution in [-0.4, -0.2) is 35.4 Å². The average Bonchev–Trinajstić information content (AvgIpc) is 3.57. The molecule has 0 amide bonds. The van der Waals surface area contributed by atoms with E-state index in [1.807, 2.05) is 36.4 Å². The smallest absolute Gasteiger partial charge is 0.335 e. The summed E-state index contributed by atoms with van der Waals surface area (Å²) in [6, 6.07) is 57.9. The van der Waals surface area contributed by atoms with E-state index in [9.17, 15) is 19.8 Å². The molecule has 0 bridgehead atoms. The van der Waals surface area contributed by atoms with E-state index in [2.05, 4.69) is 109 Å². The van der Waals surface area contributed by atoms with Gasteiger partial charge in [-0.05, 0) is 152 Å². The quantitative estimate of drug-likeness (QED) is 0.107. The fourth-order valence-corrected chi connectivity index (χ4v) is 8.68. The Morgan fingerprint density at radius 3 is 1.25 bits per heavy atom. The molecule has 1 aliphatic rings. The van der Waals surface area contributed by atoms with Crippen LogP contribution in [-0.2, 0) is 18.3 Å². The van der Waals surface area contributed by atoms with E-state index < -0.39 is 17.4 Å². The van der Waals surface area contributed by atoms with Crippen LogP contribution < -0.4 is 9.47 Å². The molecular formula is C53H42O6. The zero-order valence-corrected chi connectivity index (χ0v) is 32.4. The molecule has 9 rings (SSSR count). The summed E-state index contributed by atoms with van der Waals surface area (Å²) in [5.74, 6) is -0.187. The number of carboxylic acid groups (broad SMARTS) is 2. The van der Waals surface area contributed by atoms with Gasteiger partial charge in [0.25, 0.3) is 0 Å². The van der Waals surface area contributed by atoms with Crippen molar-refractivity contribution in [3.63, 3.8) is 0 Å². The van der Waals surface area contributed by atoms with Crippen LogP contribution in [0.3, 0.4) is 0 Å². The molecule has 6 nitrogen and oxygen atoms in total. The first kappa shape index (κ1) is 37.4. The molecule has 0 spiro atoms. The summed E-state index contributed by atoms with van der Waals surface area (Å²) in [5.41, 5.74) is 9.61. The van der Waals surface area contributed by atoms with Gasteiger partial charge in [0.15, 0.2) is 0 Å². The normalized spacial score (nSPS) is 12.5. The second-order valence-corrected chi connectivity index (χ2v) is 15.2. The second kappa shape index (κ2) is 16.0. The molecule has 0 fully saturated rings. The third-order valence-corrected chi connectivity index (χ3v) is 11.6. The minimum atomic E-state index is -0.916. The lowest BCUT2D eigenvalue weighted by molar-refractivity contribution is 0.0686. The largest absolute Gasteiger partial charge is 0.494 e. The molecule has 0 saturated carbocycles. The second-order valence-electron chi connectivity index (χ2n) is 15.2. The van der Waals surface area contributed by atoms with Gasteiger partial charge in [0.1, 0.15) is 11.5 Å². The predicted octanol–water partition coefficient (Wildman–Crippen LogP) is 11.8. The van der Waals surface area contributed by atoms with E-state index in [0.717, 1.165) is 69.9 Å². The molecule has 0 aliphatic heterocycles. The molecule has 59 heavy (non-hydrogen) atoms. The van der Waals surface area contributed by atoms with Gasteiger partial charge in [-0.15, -0.1) is 0 Å². The van der Waals surface area contributed by atoms with E-state index >= 15 is 0 Å².